The van der Waals surface area contributed by atoms with Gasteiger partial charge < -0.3 is 19.8 Å². The number of carbonyl (C=O) groups excluding carboxylic acids is 1. The maximum absolute atomic E-state index is 11.9. The molecule has 0 aliphatic carbocycles. The van der Waals surface area contributed by atoms with E-state index in [1.165, 1.54) is 6.33 Å². The number of fused-ring (bicyclic) bond motifs is 1. The molecule has 2 atom stereocenters. The van der Waals surface area contributed by atoms with Gasteiger partial charge in [0, 0.05) is 6.54 Å². The number of nitrogen functional groups attached to an aromatic ring is 1. The Morgan fingerprint density at radius 3 is 2.84 bits per heavy atom. The van der Waals surface area contributed by atoms with Crippen LogP contribution in [0.1, 0.15) is 20.8 Å². The topological polar surface area (TPSA) is 134 Å². The van der Waals surface area contributed by atoms with Crippen molar-refractivity contribution in [3.63, 3.8) is 0 Å². The Hall–Kier alpha value is -2.16. The van der Waals surface area contributed by atoms with Gasteiger partial charge in [-0.15, -0.1) is 0 Å². The first-order chi connectivity index (χ1) is 11.9. The number of carbonyl (C=O) groups is 1. The Bertz CT molecular complexity index is 750. The van der Waals surface area contributed by atoms with Gasteiger partial charge in [-0.05, 0) is 25.3 Å². The Labute approximate surface area is 146 Å². The standard InChI is InChI=1S/C14H22N6O4P/c1-9(2)24-14(21)10(3)19-25(22)8-23-5-4-20-7-18-11-12(15)16-6-17-13(11)20/h6-7,9-10H,4-5,8H2,1-3H3,(H,19,22)(H2,15,16,17)/q+1/t10-/m0/s1. The predicted octanol–water partition coefficient (Wildman–Crippen LogP) is 1.05. The van der Waals surface area contributed by atoms with E-state index in [-0.39, 0.29) is 12.5 Å². The first kappa shape index (κ1) is 19.2. The van der Waals surface area contributed by atoms with Crippen molar-refractivity contribution in [1.82, 2.24) is 24.6 Å². The van der Waals surface area contributed by atoms with E-state index >= 15 is 0 Å². The van der Waals surface area contributed by atoms with Crippen molar-refractivity contribution in [2.75, 3.05) is 18.7 Å². The highest BCUT2D eigenvalue weighted by Gasteiger charge is 2.26. The molecule has 25 heavy (non-hydrogen) atoms. The molecule has 0 bridgehead atoms. The molecule has 0 saturated carbocycles. The first-order valence-corrected chi connectivity index (χ1v) is 9.23. The molecule has 0 radical (unpaired) electrons. The van der Waals surface area contributed by atoms with Crippen LogP contribution in [0.2, 0.25) is 0 Å². The molecule has 2 rings (SSSR count). The Morgan fingerprint density at radius 1 is 1.36 bits per heavy atom. The molecule has 0 fully saturated rings. The van der Waals surface area contributed by atoms with Crippen LogP contribution in [-0.2, 0) is 25.4 Å². The van der Waals surface area contributed by atoms with Crippen LogP contribution in [0.3, 0.4) is 0 Å². The van der Waals surface area contributed by atoms with Crippen LogP contribution in [0.5, 0.6) is 0 Å². The smallest absolute Gasteiger partial charge is 0.461 e. The zero-order valence-electron chi connectivity index (χ0n) is 14.4. The van der Waals surface area contributed by atoms with Gasteiger partial charge in [0.05, 0.1) is 19.0 Å². The molecule has 2 aromatic rings. The number of rotatable bonds is 9. The second-order valence-corrected chi connectivity index (χ2v) is 6.89. The van der Waals surface area contributed by atoms with E-state index in [0.717, 1.165) is 0 Å². The maximum atomic E-state index is 11.9. The van der Waals surface area contributed by atoms with E-state index in [1.54, 1.807) is 31.7 Å². The average molecular weight is 369 g/mol. The van der Waals surface area contributed by atoms with E-state index in [0.29, 0.717) is 30.1 Å². The molecule has 10 nitrogen and oxygen atoms in total. The van der Waals surface area contributed by atoms with Crippen LogP contribution in [0.15, 0.2) is 12.7 Å². The van der Waals surface area contributed by atoms with E-state index in [9.17, 15) is 9.36 Å². The van der Waals surface area contributed by atoms with Crippen LogP contribution in [0.25, 0.3) is 11.2 Å². The van der Waals surface area contributed by atoms with E-state index in [2.05, 4.69) is 20.0 Å². The second kappa shape index (κ2) is 8.80. The van der Waals surface area contributed by atoms with E-state index < -0.39 is 20.0 Å². The summed E-state index contributed by atoms with van der Waals surface area (Å²) in [5.74, 6) is -0.125. The summed E-state index contributed by atoms with van der Waals surface area (Å²) >= 11 is 0. The molecular weight excluding hydrogens is 347 g/mol. The second-order valence-electron chi connectivity index (χ2n) is 5.62. The van der Waals surface area contributed by atoms with Crippen molar-refractivity contribution in [2.45, 2.75) is 39.5 Å². The highest BCUT2D eigenvalue weighted by molar-refractivity contribution is 7.42. The summed E-state index contributed by atoms with van der Waals surface area (Å²) in [6, 6.07) is -0.660. The molecular formula is C14H22N6O4P+. The van der Waals surface area contributed by atoms with Crippen molar-refractivity contribution in [1.29, 1.82) is 0 Å². The molecule has 136 valence electrons. The van der Waals surface area contributed by atoms with Crippen molar-refractivity contribution in [3.8, 4) is 0 Å². The highest BCUT2D eigenvalue weighted by Crippen LogP contribution is 2.17. The molecule has 0 saturated heterocycles. The van der Waals surface area contributed by atoms with Gasteiger partial charge in [0.2, 0.25) is 0 Å². The highest BCUT2D eigenvalue weighted by atomic mass is 31.1. The molecule has 0 aliphatic heterocycles. The van der Waals surface area contributed by atoms with Crippen molar-refractivity contribution >= 4 is 30.9 Å². The van der Waals surface area contributed by atoms with E-state index in [4.69, 9.17) is 15.2 Å². The summed E-state index contributed by atoms with van der Waals surface area (Å²) in [5.41, 5.74) is 6.87. The summed E-state index contributed by atoms with van der Waals surface area (Å²) in [6.45, 7) is 5.89. The minimum Gasteiger partial charge on any atom is -0.462 e. The number of nitrogens with two attached hydrogens (primary N) is 1. The predicted molar refractivity (Wildman–Crippen MR) is 92.0 cm³/mol. The minimum atomic E-state index is -1.88. The lowest BCUT2D eigenvalue weighted by Crippen LogP contribution is -2.33. The molecule has 0 aliphatic rings. The van der Waals surface area contributed by atoms with Crippen LogP contribution in [0.4, 0.5) is 5.82 Å². The summed E-state index contributed by atoms with van der Waals surface area (Å²) in [5, 5.41) is 2.67. The lowest BCUT2D eigenvalue weighted by Gasteiger charge is -2.10. The molecule has 1 unspecified atom stereocenters. The van der Waals surface area contributed by atoms with Gasteiger partial charge in [-0.3, -0.25) is 4.79 Å². The third-order valence-corrected chi connectivity index (χ3v) is 4.25. The van der Waals surface area contributed by atoms with Crippen LogP contribution in [0, 0.1) is 0 Å². The van der Waals surface area contributed by atoms with Gasteiger partial charge in [-0.1, -0.05) is 5.09 Å². The molecule has 11 heteroatoms. The number of ether oxygens (including phenoxy) is 2. The summed E-state index contributed by atoms with van der Waals surface area (Å²) in [4.78, 5) is 23.8. The number of anilines is 1. The SMILES string of the molecule is CC(C)OC(=O)[C@H](C)N[P+](=O)COCCn1cnc2c(N)ncnc21. The van der Waals surface area contributed by atoms with Crippen LogP contribution in [-0.4, -0.2) is 50.6 Å². The molecule has 2 aromatic heterocycles. The van der Waals surface area contributed by atoms with Gasteiger partial charge in [0.25, 0.3) is 6.35 Å². The van der Waals surface area contributed by atoms with Crippen LogP contribution < -0.4 is 10.8 Å². The number of hydrogen-bond donors (Lipinski definition) is 2. The summed E-state index contributed by atoms with van der Waals surface area (Å²) in [7, 11) is -1.88. The van der Waals surface area contributed by atoms with Crippen molar-refractivity contribution in [2.24, 2.45) is 0 Å². The summed E-state index contributed by atoms with van der Waals surface area (Å²) < 4.78 is 24.1. The first-order valence-electron chi connectivity index (χ1n) is 7.79. The van der Waals surface area contributed by atoms with Gasteiger partial charge in [0.15, 0.2) is 11.5 Å². The Morgan fingerprint density at radius 2 is 2.12 bits per heavy atom. The fraction of sp³-hybridized carbons (Fsp3) is 0.571. The minimum absolute atomic E-state index is 0.0155. The normalized spacial score (nSPS) is 13.2. The Kier molecular flexibility index (Phi) is 6.74. The lowest BCUT2D eigenvalue weighted by molar-refractivity contribution is -0.148. The molecule has 2 heterocycles. The third kappa shape index (κ3) is 5.42. The summed E-state index contributed by atoms with van der Waals surface area (Å²) in [6.07, 6.45) is 2.74. The number of nitrogens with zero attached hydrogens (tertiary/aromatic N) is 4. The quantitative estimate of drug-likeness (QED) is 0.378. The fourth-order valence-electron chi connectivity index (χ4n) is 2.01. The number of nitrogens with one attached hydrogen (secondary N) is 1. The third-order valence-electron chi connectivity index (χ3n) is 3.16. The van der Waals surface area contributed by atoms with Gasteiger partial charge >= 0.3 is 13.9 Å². The average Bonchev–Trinajstić information content (AvgIpc) is 2.95. The van der Waals surface area contributed by atoms with E-state index in [1.807, 2.05) is 0 Å². The number of imidazole rings is 1. The number of aromatic nitrogens is 4. The monoisotopic (exact) mass is 369 g/mol. The van der Waals surface area contributed by atoms with Crippen molar-refractivity contribution < 1.29 is 18.8 Å². The zero-order valence-corrected chi connectivity index (χ0v) is 15.3. The molecule has 0 amide bonds. The van der Waals surface area contributed by atoms with Gasteiger partial charge in [0.1, 0.15) is 17.9 Å². The zero-order chi connectivity index (χ0) is 18.4. The largest absolute Gasteiger partial charge is 0.462 e. The molecule has 3 N–H and O–H groups in total. The van der Waals surface area contributed by atoms with Gasteiger partial charge in [-0.2, -0.15) is 0 Å². The maximum Gasteiger partial charge on any atom is 0.461 e. The van der Waals surface area contributed by atoms with Crippen LogP contribution >= 0.6 is 7.95 Å². The van der Waals surface area contributed by atoms with Gasteiger partial charge in [-0.25, -0.2) is 15.0 Å². The molecule has 0 spiro atoms. The molecule has 0 aromatic carbocycles. The van der Waals surface area contributed by atoms with Crippen molar-refractivity contribution in [3.05, 3.63) is 12.7 Å². The Balaban J connectivity index is 1.74. The lowest BCUT2D eigenvalue weighted by atomic mass is 10.4. The fourth-order valence-corrected chi connectivity index (χ4v) is 2.92. The number of hydrogen-bond acceptors (Lipinski definition) is 8. The number of esters is 1.